The summed E-state index contributed by atoms with van der Waals surface area (Å²) >= 11 is 6.20. The molecule has 3 aromatic rings. The number of fused-ring (bicyclic) bond motifs is 1. The monoisotopic (exact) mass is 381 g/mol. The number of furan rings is 1. The third-order valence-corrected chi connectivity index (χ3v) is 5.28. The molecule has 2 atom stereocenters. The van der Waals surface area contributed by atoms with Gasteiger partial charge in [0.05, 0.1) is 6.26 Å². The molecule has 8 heteroatoms. The molecule has 0 amide bonds. The average Bonchev–Trinajstić information content (AvgIpc) is 3.28. The molecule has 1 aliphatic heterocycles. The zero-order valence-corrected chi connectivity index (χ0v) is 15.0. The summed E-state index contributed by atoms with van der Waals surface area (Å²) in [5.74, 6) is 1.52. The highest BCUT2D eigenvalue weighted by Crippen LogP contribution is 2.44. The van der Waals surface area contributed by atoms with Gasteiger partial charge in [-0.05, 0) is 36.2 Å². The second kappa shape index (κ2) is 5.99. The first-order valence-corrected chi connectivity index (χ1v) is 9.02. The molecule has 0 fully saturated rings. The number of nitrogens with one attached hydrogen (secondary N) is 1. The van der Waals surface area contributed by atoms with E-state index in [1.165, 1.54) is 0 Å². The maximum atomic E-state index is 13.2. The summed E-state index contributed by atoms with van der Waals surface area (Å²) in [6.07, 6.45) is 2.66. The van der Waals surface area contributed by atoms with Gasteiger partial charge in [0.15, 0.2) is 5.78 Å². The summed E-state index contributed by atoms with van der Waals surface area (Å²) < 4.78 is 7.19. The standard InChI is InChI=1S/C19H16ClN5O2/c20-12-4-1-3-10(7-12)17-16-13(22-19-23-18(21)24-25(17)19)8-11(9-14(16)26)15-5-2-6-27-15/h1-7,11,17H,8-9H2,(H3,21,22,23,24)/t11-,17+/m1/s1. The lowest BCUT2D eigenvalue weighted by atomic mass is 9.79. The minimum Gasteiger partial charge on any atom is -0.469 e. The molecule has 0 radical (unpaired) electrons. The number of halogens is 1. The predicted molar refractivity (Wildman–Crippen MR) is 100 cm³/mol. The lowest BCUT2D eigenvalue weighted by molar-refractivity contribution is -0.117. The summed E-state index contributed by atoms with van der Waals surface area (Å²) in [7, 11) is 0. The van der Waals surface area contributed by atoms with E-state index in [4.69, 9.17) is 21.8 Å². The minimum atomic E-state index is -0.412. The van der Waals surface area contributed by atoms with Crippen molar-refractivity contribution in [1.82, 2.24) is 14.8 Å². The van der Waals surface area contributed by atoms with Crippen molar-refractivity contribution >= 4 is 29.3 Å². The van der Waals surface area contributed by atoms with E-state index in [1.807, 2.05) is 30.3 Å². The topological polar surface area (TPSA) is 99.0 Å². The summed E-state index contributed by atoms with van der Waals surface area (Å²) in [4.78, 5) is 17.4. The van der Waals surface area contributed by atoms with Crippen LogP contribution in [0.1, 0.15) is 36.1 Å². The molecule has 1 aliphatic carbocycles. The van der Waals surface area contributed by atoms with Gasteiger partial charge in [0, 0.05) is 28.6 Å². The van der Waals surface area contributed by atoms with Crippen LogP contribution >= 0.6 is 11.6 Å². The Hall–Kier alpha value is -3.06. The van der Waals surface area contributed by atoms with Crippen LogP contribution in [0.2, 0.25) is 5.02 Å². The third-order valence-electron chi connectivity index (χ3n) is 5.05. The van der Waals surface area contributed by atoms with Gasteiger partial charge < -0.3 is 15.5 Å². The fourth-order valence-electron chi connectivity index (χ4n) is 3.94. The van der Waals surface area contributed by atoms with Gasteiger partial charge in [-0.15, -0.1) is 5.10 Å². The van der Waals surface area contributed by atoms with Crippen LogP contribution in [0.3, 0.4) is 0 Å². The number of ketones is 1. The molecule has 0 unspecified atom stereocenters. The number of nitrogen functional groups attached to an aromatic ring is 1. The van der Waals surface area contributed by atoms with E-state index in [-0.39, 0.29) is 17.6 Å². The Balaban J connectivity index is 1.65. The van der Waals surface area contributed by atoms with Crippen LogP contribution in [0.4, 0.5) is 11.9 Å². The van der Waals surface area contributed by atoms with Crippen molar-refractivity contribution in [3.05, 3.63) is 70.3 Å². The molecule has 2 aromatic heterocycles. The molecule has 0 saturated heterocycles. The molecule has 0 bridgehead atoms. The zero-order chi connectivity index (χ0) is 18.5. The smallest absolute Gasteiger partial charge is 0.241 e. The normalized spacial score (nSPS) is 21.6. The first kappa shape index (κ1) is 16.1. The first-order chi connectivity index (χ1) is 13.1. The summed E-state index contributed by atoms with van der Waals surface area (Å²) in [6, 6.07) is 10.8. The molecule has 1 aromatic carbocycles. The number of carbonyl (C=O) groups excluding carboxylic acids is 1. The van der Waals surface area contributed by atoms with E-state index in [1.54, 1.807) is 17.0 Å². The van der Waals surface area contributed by atoms with Crippen molar-refractivity contribution in [3.63, 3.8) is 0 Å². The maximum Gasteiger partial charge on any atom is 0.241 e. The SMILES string of the molecule is Nc1nc2n(n1)[C@@H](c1cccc(Cl)c1)C1=C(C[C@@H](c3ccco3)CC1=O)N2. The van der Waals surface area contributed by atoms with Crippen LogP contribution in [-0.2, 0) is 4.79 Å². The molecule has 27 heavy (non-hydrogen) atoms. The van der Waals surface area contributed by atoms with E-state index >= 15 is 0 Å². The largest absolute Gasteiger partial charge is 0.469 e. The van der Waals surface area contributed by atoms with Crippen LogP contribution in [-0.4, -0.2) is 20.5 Å². The second-order valence-corrected chi connectivity index (χ2v) is 7.19. The molecule has 7 nitrogen and oxygen atoms in total. The van der Waals surface area contributed by atoms with E-state index in [9.17, 15) is 4.79 Å². The van der Waals surface area contributed by atoms with Crippen molar-refractivity contribution in [1.29, 1.82) is 0 Å². The summed E-state index contributed by atoms with van der Waals surface area (Å²) in [5.41, 5.74) is 8.21. The number of carbonyl (C=O) groups is 1. The molecule has 0 spiro atoms. The summed E-state index contributed by atoms with van der Waals surface area (Å²) in [6.45, 7) is 0. The lowest BCUT2D eigenvalue weighted by Crippen LogP contribution is -2.33. The van der Waals surface area contributed by atoms with Gasteiger partial charge in [0.1, 0.15) is 11.8 Å². The van der Waals surface area contributed by atoms with Crippen LogP contribution in [0, 0.1) is 0 Å². The van der Waals surface area contributed by atoms with E-state index in [2.05, 4.69) is 15.4 Å². The number of aromatic nitrogens is 3. The molecule has 3 heterocycles. The lowest BCUT2D eigenvalue weighted by Gasteiger charge is -2.34. The fourth-order valence-corrected chi connectivity index (χ4v) is 4.14. The maximum absolute atomic E-state index is 13.2. The number of hydrogen-bond acceptors (Lipinski definition) is 6. The van der Waals surface area contributed by atoms with E-state index < -0.39 is 6.04 Å². The molecular formula is C19H16ClN5O2. The second-order valence-electron chi connectivity index (χ2n) is 6.76. The van der Waals surface area contributed by atoms with Crippen LogP contribution in [0.15, 0.2) is 58.3 Å². The number of nitrogens with two attached hydrogens (primary N) is 1. The number of allylic oxidation sites excluding steroid dienone is 2. The molecule has 5 rings (SSSR count). The molecule has 0 saturated carbocycles. The van der Waals surface area contributed by atoms with Crippen molar-refractivity contribution < 1.29 is 9.21 Å². The Kier molecular flexibility index (Phi) is 3.58. The Morgan fingerprint density at radius 3 is 2.93 bits per heavy atom. The van der Waals surface area contributed by atoms with Gasteiger partial charge in [-0.25, -0.2) is 4.68 Å². The highest BCUT2D eigenvalue weighted by Gasteiger charge is 2.40. The van der Waals surface area contributed by atoms with Gasteiger partial charge in [0.25, 0.3) is 0 Å². The summed E-state index contributed by atoms with van der Waals surface area (Å²) in [5, 5.41) is 8.15. The number of hydrogen-bond donors (Lipinski definition) is 2. The Morgan fingerprint density at radius 1 is 1.26 bits per heavy atom. The fraction of sp³-hybridized carbons (Fsp3) is 0.211. The molecule has 136 valence electrons. The van der Waals surface area contributed by atoms with Crippen LogP contribution < -0.4 is 11.1 Å². The van der Waals surface area contributed by atoms with Gasteiger partial charge in [-0.3, -0.25) is 4.79 Å². The Labute approximate surface area is 159 Å². The molecule has 3 N–H and O–H groups in total. The number of rotatable bonds is 2. The Bertz CT molecular complexity index is 1070. The number of benzene rings is 1. The molecule has 2 aliphatic rings. The van der Waals surface area contributed by atoms with Crippen molar-refractivity contribution in [2.24, 2.45) is 0 Å². The number of nitrogens with zero attached hydrogens (tertiary/aromatic N) is 3. The predicted octanol–water partition coefficient (Wildman–Crippen LogP) is 3.52. The Morgan fingerprint density at radius 2 is 2.15 bits per heavy atom. The minimum absolute atomic E-state index is 0.00872. The highest BCUT2D eigenvalue weighted by molar-refractivity contribution is 6.30. The van der Waals surface area contributed by atoms with Gasteiger partial charge in [-0.1, -0.05) is 23.7 Å². The zero-order valence-electron chi connectivity index (χ0n) is 14.2. The third kappa shape index (κ3) is 2.62. The first-order valence-electron chi connectivity index (χ1n) is 8.64. The van der Waals surface area contributed by atoms with Gasteiger partial charge >= 0.3 is 0 Å². The van der Waals surface area contributed by atoms with E-state index in [0.717, 1.165) is 17.0 Å². The number of Topliss-reactive ketones (excluding diaryl/α,β-unsaturated/α-hetero) is 1. The van der Waals surface area contributed by atoms with Crippen LogP contribution in [0.25, 0.3) is 0 Å². The quantitative estimate of drug-likeness (QED) is 0.704. The molecular weight excluding hydrogens is 366 g/mol. The van der Waals surface area contributed by atoms with Crippen molar-refractivity contribution in [2.75, 3.05) is 11.1 Å². The highest BCUT2D eigenvalue weighted by atomic mass is 35.5. The average molecular weight is 382 g/mol. The van der Waals surface area contributed by atoms with Gasteiger partial charge in [-0.2, -0.15) is 4.98 Å². The van der Waals surface area contributed by atoms with Crippen molar-refractivity contribution in [2.45, 2.75) is 24.8 Å². The van der Waals surface area contributed by atoms with E-state index in [0.29, 0.717) is 29.4 Å². The number of anilines is 2. The van der Waals surface area contributed by atoms with Crippen LogP contribution in [0.5, 0.6) is 0 Å². The van der Waals surface area contributed by atoms with Gasteiger partial charge in [0.2, 0.25) is 11.9 Å². The van der Waals surface area contributed by atoms with Crippen molar-refractivity contribution in [3.8, 4) is 0 Å².